The van der Waals surface area contributed by atoms with Crippen LogP contribution >= 0.6 is 23.1 Å². The van der Waals surface area contributed by atoms with Crippen molar-refractivity contribution in [1.29, 1.82) is 0 Å². The van der Waals surface area contributed by atoms with Gasteiger partial charge in [0, 0.05) is 23.8 Å². The lowest BCUT2D eigenvalue weighted by Gasteiger charge is -2.19. The molecule has 0 amide bonds. The van der Waals surface area contributed by atoms with Gasteiger partial charge in [0.15, 0.2) is 5.16 Å². The summed E-state index contributed by atoms with van der Waals surface area (Å²) in [6, 6.07) is 4.77. The van der Waals surface area contributed by atoms with E-state index in [0.717, 1.165) is 43.1 Å². The summed E-state index contributed by atoms with van der Waals surface area (Å²) in [7, 11) is 0. The Balaban J connectivity index is 1.57. The fourth-order valence-corrected chi connectivity index (χ4v) is 4.93. The van der Waals surface area contributed by atoms with Crippen LogP contribution < -0.4 is 0 Å². The Bertz CT molecular complexity index is 661. The fourth-order valence-electron chi connectivity index (χ4n) is 2.98. The second-order valence-electron chi connectivity index (χ2n) is 6.07. The molecule has 2 aromatic rings. The molecule has 2 fully saturated rings. The molecule has 4 nitrogen and oxygen atoms in total. The first kappa shape index (κ1) is 14.5. The van der Waals surface area contributed by atoms with E-state index in [4.69, 9.17) is 0 Å². The summed E-state index contributed by atoms with van der Waals surface area (Å²) in [5, 5.41) is 12.0. The van der Waals surface area contributed by atoms with Crippen LogP contribution in [0.3, 0.4) is 0 Å². The molecule has 116 valence electrons. The maximum Gasteiger partial charge on any atom is 0.192 e. The average Bonchev–Trinajstić information content (AvgIpc) is 3.08. The summed E-state index contributed by atoms with van der Waals surface area (Å²) in [6.07, 6.45) is 7.19. The van der Waals surface area contributed by atoms with Gasteiger partial charge in [-0.1, -0.05) is 24.2 Å². The first-order chi connectivity index (χ1) is 10.8. The molecule has 0 N–H and O–H groups in total. The van der Waals surface area contributed by atoms with Gasteiger partial charge < -0.3 is 4.57 Å². The lowest BCUT2D eigenvalue weighted by Crippen LogP contribution is -2.22. The first-order valence-corrected chi connectivity index (χ1v) is 9.73. The Morgan fingerprint density at radius 3 is 2.91 bits per heavy atom. The van der Waals surface area contributed by atoms with Gasteiger partial charge in [0.2, 0.25) is 0 Å². The fraction of sp³-hybridized carbons (Fsp3) is 0.562. The number of ketones is 1. The molecule has 6 heteroatoms. The van der Waals surface area contributed by atoms with Gasteiger partial charge in [-0.15, -0.1) is 21.5 Å². The number of carbonyl (C=O) groups excluding carboxylic acids is 1. The largest absolute Gasteiger partial charge is 0.303 e. The van der Waals surface area contributed by atoms with Crippen molar-refractivity contribution in [2.45, 2.75) is 61.4 Å². The van der Waals surface area contributed by atoms with Crippen molar-refractivity contribution in [3.63, 3.8) is 0 Å². The lowest BCUT2D eigenvalue weighted by molar-refractivity contribution is -0.119. The highest BCUT2D eigenvalue weighted by Crippen LogP contribution is 2.41. The van der Waals surface area contributed by atoms with Gasteiger partial charge in [0.05, 0.1) is 5.25 Å². The van der Waals surface area contributed by atoms with Crippen LogP contribution in [-0.2, 0) is 11.2 Å². The van der Waals surface area contributed by atoms with Crippen molar-refractivity contribution in [3.8, 4) is 0 Å². The molecular weight excluding hydrogens is 314 g/mol. The minimum atomic E-state index is 0.0880. The second kappa shape index (κ2) is 6.16. The van der Waals surface area contributed by atoms with Crippen molar-refractivity contribution in [1.82, 2.24) is 14.8 Å². The molecule has 22 heavy (non-hydrogen) atoms. The SMILES string of the molecule is O=C1CCCCC1Sc1nnc(Cc2cccs2)n1C1CC1. The second-order valence-corrected chi connectivity index (χ2v) is 8.28. The molecule has 2 aromatic heterocycles. The molecule has 0 aromatic carbocycles. The molecule has 2 heterocycles. The van der Waals surface area contributed by atoms with Crippen LogP contribution in [0.25, 0.3) is 0 Å². The van der Waals surface area contributed by atoms with Gasteiger partial charge in [-0.2, -0.15) is 0 Å². The molecule has 2 saturated carbocycles. The van der Waals surface area contributed by atoms with E-state index in [1.807, 2.05) is 0 Å². The van der Waals surface area contributed by atoms with E-state index in [2.05, 4.69) is 32.3 Å². The van der Waals surface area contributed by atoms with Crippen LogP contribution in [0.15, 0.2) is 22.7 Å². The van der Waals surface area contributed by atoms with Crippen LogP contribution in [0, 0.1) is 0 Å². The number of hydrogen-bond donors (Lipinski definition) is 0. The number of carbonyl (C=O) groups is 1. The summed E-state index contributed by atoms with van der Waals surface area (Å²) in [5.41, 5.74) is 0. The van der Waals surface area contributed by atoms with E-state index in [1.165, 1.54) is 17.7 Å². The Morgan fingerprint density at radius 1 is 1.27 bits per heavy atom. The molecular formula is C16H19N3OS2. The molecule has 1 unspecified atom stereocenters. The normalized spacial score (nSPS) is 22.2. The zero-order valence-electron chi connectivity index (χ0n) is 12.4. The van der Waals surface area contributed by atoms with Crippen LogP contribution in [0.4, 0.5) is 0 Å². The third kappa shape index (κ3) is 2.99. The van der Waals surface area contributed by atoms with Crippen LogP contribution in [0.2, 0.25) is 0 Å². The summed E-state index contributed by atoms with van der Waals surface area (Å²) >= 11 is 3.41. The number of hydrogen-bond acceptors (Lipinski definition) is 5. The number of nitrogens with zero attached hydrogens (tertiary/aromatic N) is 3. The predicted molar refractivity (Wildman–Crippen MR) is 88.5 cm³/mol. The number of rotatable bonds is 5. The third-order valence-corrected chi connectivity index (χ3v) is 6.45. The van der Waals surface area contributed by atoms with E-state index in [1.54, 1.807) is 23.1 Å². The molecule has 0 radical (unpaired) electrons. The van der Waals surface area contributed by atoms with Crippen LogP contribution in [-0.4, -0.2) is 25.8 Å². The van der Waals surface area contributed by atoms with Crippen LogP contribution in [0.5, 0.6) is 0 Å². The highest BCUT2D eigenvalue weighted by molar-refractivity contribution is 8.00. The van der Waals surface area contributed by atoms with Gasteiger partial charge >= 0.3 is 0 Å². The maximum atomic E-state index is 12.1. The molecule has 1 atom stereocenters. The molecule has 4 rings (SSSR count). The summed E-state index contributed by atoms with van der Waals surface area (Å²) < 4.78 is 2.30. The van der Waals surface area contributed by atoms with Gasteiger partial charge in [-0.05, 0) is 37.1 Å². The number of aromatic nitrogens is 3. The van der Waals surface area contributed by atoms with Crippen molar-refractivity contribution in [3.05, 3.63) is 28.2 Å². The maximum absolute atomic E-state index is 12.1. The molecule has 0 aliphatic heterocycles. The predicted octanol–water partition coefficient (Wildman–Crippen LogP) is 3.87. The van der Waals surface area contributed by atoms with Crippen molar-refractivity contribution >= 4 is 28.9 Å². The number of thioether (sulfide) groups is 1. The minimum absolute atomic E-state index is 0.0880. The molecule has 0 saturated heterocycles. The Labute approximate surface area is 138 Å². The quantitative estimate of drug-likeness (QED) is 0.833. The number of thiophene rings is 1. The number of Topliss-reactive ketones (excluding diaryl/α,β-unsaturated/α-hetero) is 1. The standard InChI is InChI=1S/C16H19N3OS2/c20-13-5-1-2-6-14(13)22-16-18-17-15(19(16)11-7-8-11)10-12-4-3-9-21-12/h3-4,9,11,14H,1-2,5-8,10H2. The van der Waals surface area contributed by atoms with Gasteiger partial charge in [0.1, 0.15) is 11.6 Å². The zero-order chi connectivity index (χ0) is 14.9. The Kier molecular flexibility index (Phi) is 4.05. The van der Waals surface area contributed by atoms with Crippen molar-refractivity contribution in [2.75, 3.05) is 0 Å². The first-order valence-electron chi connectivity index (χ1n) is 7.97. The zero-order valence-corrected chi connectivity index (χ0v) is 14.0. The van der Waals surface area contributed by atoms with E-state index < -0.39 is 0 Å². The Hall–Kier alpha value is -1.14. The van der Waals surface area contributed by atoms with Gasteiger partial charge in [0.25, 0.3) is 0 Å². The van der Waals surface area contributed by atoms with E-state index >= 15 is 0 Å². The smallest absolute Gasteiger partial charge is 0.192 e. The van der Waals surface area contributed by atoms with Crippen molar-refractivity contribution in [2.24, 2.45) is 0 Å². The minimum Gasteiger partial charge on any atom is -0.303 e. The Morgan fingerprint density at radius 2 is 2.18 bits per heavy atom. The van der Waals surface area contributed by atoms with Gasteiger partial charge in [-0.25, -0.2) is 0 Å². The monoisotopic (exact) mass is 333 g/mol. The van der Waals surface area contributed by atoms with E-state index in [-0.39, 0.29) is 5.25 Å². The molecule has 2 aliphatic carbocycles. The summed E-state index contributed by atoms with van der Waals surface area (Å²) in [5.74, 6) is 1.44. The molecule has 0 spiro atoms. The van der Waals surface area contributed by atoms with E-state index in [9.17, 15) is 4.79 Å². The highest BCUT2D eigenvalue weighted by atomic mass is 32.2. The summed E-state index contributed by atoms with van der Waals surface area (Å²) in [4.78, 5) is 13.4. The highest BCUT2D eigenvalue weighted by Gasteiger charge is 2.32. The van der Waals surface area contributed by atoms with Crippen molar-refractivity contribution < 1.29 is 4.79 Å². The topological polar surface area (TPSA) is 47.8 Å². The molecule has 0 bridgehead atoms. The van der Waals surface area contributed by atoms with Crippen LogP contribution in [0.1, 0.15) is 55.3 Å². The molecule has 2 aliphatic rings. The lowest BCUT2D eigenvalue weighted by atomic mass is 9.99. The third-order valence-electron chi connectivity index (χ3n) is 4.31. The van der Waals surface area contributed by atoms with E-state index in [0.29, 0.717) is 11.8 Å². The average molecular weight is 333 g/mol. The summed E-state index contributed by atoms with van der Waals surface area (Å²) in [6.45, 7) is 0. The van der Waals surface area contributed by atoms with Gasteiger partial charge in [-0.3, -0.25) is 4.79 Å².